The molecule has 0 saturated heterocycles. The van der Waals surface area contributed by atoms with E-state index in [-0.39, 0.29) is 23.4 Å². The molecule has 1 amide bonds. The van der Waals surface area contributed by atoms with Crippen molar-refractivity contribution >= 4 is 5.91 Å². The van der Waals surface area contributed by atoms with Gasteiger partial charge in [-0.1, -0.05) is 24.3 Å². The molecule has 0 spiro atoms. The van der Waals surface area contributed by atoms with Gasteiger partial charge in [0.1, 0.15) is 0 Å². The molecule has 2 aliphatic rings. The van der Waals surface area contributed by atoms with Crippen molar-refractivity contribution in [3.63, 3.8) is 0 Å². The van der Waals surface area contributed by atoms with Crippen LogP contribution in [0.3, 0.4) is 0 Å². The second-order valence-electron chi connectivity index (χ2n) is 6.85. The van der Waals surface area contributed by atoms with Gasteiger partial charge in [0.15, 0.2) is 0 Å². The molecule has 0 bridgehead atoms. The number of aromatic nitrogens is 1. The summed E-state index contributed by atoms with van der Waals surface area (Å²) in [6.07, 6.45) is 5.83. The fourth-order valence-electron chi connectivity index (χ4n) is 4.15. The summed E-state index contributed by atoms with van der Waals surface area (Å²) in [5, 5.41) is 3.24. The van der Waals surface area contributed by atoms with Gasteiger partial charge in [-0.2, -0.15) is 0 Å². The molecule has 0 aliphatic heterocycles. The van der Waals surface area contributed by atoms with Crippen LogP contribution < -0.4 is 10.9 Å². The lowest BCUT2D eigenvalue weighted by Gasteiger charge is -2.30. The van der Waals surface area contributed by atoms with Gasteiger partial charge in [-0.15, -0.1) is 0 Å². The number of carbonyl (C=O) groups is 1. The van der Waals surface area contributed by atoms with Crippen LogP contribution in [-0.4, -0.2) is 10.9 Å². The molecule has 4 heteroatoms. The van der Waals surface area contributed by atoms with Crippen molar-refractivity contribution in [3.8, 4) is 0 Å². The molecule has 2 atom stereocenters. The number of nitrogens with one attached hydrogen (secondary N) is 2. The summed E-state index contributed by atoms with van der Waals surface area (Å²) in [5.41, 5.74) is 4.46. The van der Waals surface area contributed by atoms with E-state index in [4.69, 9.17) is 0 Å². The first-order valence-electron chi connectivity index (χ1n) is 8.82. The van der Waals surface area contributed by atoms with Crippen molar-refractivity contribution in [1.82, 2.24) is 10.3 Å². The average molecular weight is 322 g/mol. The van der Waals surface area contributed by atoms with Gasteiger partial charge in [0.25, 0.3) is 0 Å². The fourth-order valence-corrected chi connectivity index (χ4v) is 4.15. The quantitative estimate of drug-likeness (QED) is 0.893. The van der Waals surface area contributed by atoms with E-state index < -0.39 is 0 Å². The van der Waals surface area contributed by atoms with E-state index in [2.05, 4.69) is 22.4 Å². The van der Waals surface area contributed by atoms with E-state index in [9.17, 15) is 9.59 Å². The van der Waals surface area contributed by atoms with Gasteiger partial charge < -0.3 is 10.3 Å². The molecule has 124 valence electrons. The van der Waals surface area contributed by atoms with Crippen LogP contribution >= 0.6 is 0 Å². The Morgan fingerprint density at radius 3 is 2.75 bits per heavy atom. The lowest BCUT2D eigenvalue weighted by atomic mass is 9.82. The summed E-state index contributed by atoms with van der Waals surface area (Å²) < 4.78 is 0. The summed E-state index contributed by atoms with van der Waals surface area (Å²) in [5.74, 6) is 0.0642. The maximum Gasteiger partial charge on any atom is 0.248 e. The van der Waals surface area contributed by atoms with Crippen molar-refractivity contribution in [2.45, 2.75) is 50.5 Å². The number of pyridine rings is 1. The first kappa shape index (κ1) is 15.2. The van der Waals surface area contributed by atoms with E-state index in [1.54, 1.807) is 6.07 Å². The molecular formula is C20H22N2O2. The zero-order chi connectivity index (χ0) is 16.5. The van der Waals surface area contributed by atoms with Gasteiger partial charge in [-0.25, -0.2) is 0 Å². The molecule has 0 radical (unpaired) electrons. The van der Waals surface area contributed by atoms with Gasteiger partial charge in [0.2, 0.25) is 11.5 Å². The number of carbonyl (C=O) groups excluding carboxylic acids is 1. The van der Waals surface area contributed by atoms with Crippen molar-refractivity contribution in [2.24, 2.45) is 0 Å². The molecular weight excluding hydrogens is 300 g/mol. The highest BCUT2D eigenvalue weighted by Gasteiger charge is 2.29. The second kappa shape index (κ2) is 6.27. The smallest absolute Gasteiger partial charge is 0.248 e. The number of fused-ring (bicyclic) bond motifs is 2. The van der Waals surface area contributed by atoms with Crippen LogP contribution in [0.25, 0.3) is 0 Å². The zero-order valence-electron chi connectivity index (χ0n) is 13.7. The minimum Gasteiger partial charge on any atom is -0.349 e. The number of rotatable bonds is 2. The molecule has 4 rings (SSSR count). The molecule has 1 aromatic carbocycles. The van der Waals surface area contributed by atoms with Crippen LogP contribution in [-0.2, 0) is 17.6 Å². The standard InChI is InChI=1S/C20H22N2O2/c23-19-12-11-16-17(21-19)9-4-10-18(16)22-20(24)15-8-3-6-13-5-1-2-7-14(13)15/h1-2,5,7,11-12,15,18H,3-4,6,8-10H2,(H,21,23)(H,22,24)/t15-,18+/m1/s1. The summed E-state index contributed by atoms with van der Waals surface area (Å²) in [6.45, 7) is 0. The normalized spacial score (nSPS) is 22.3. The highest BCUT2D eigenvalue weighted by molar-refractivity contribution is 5.84. The van der Waals surface area contributed by atoms with Crippen molar-refractivity contribution < 1.29 is 4.79 Å². The van der Waals surface area contributed by atoms with E-state index in [1.165, 1.54) is 11.1 Å². The topological polar surface area (TPSA) is 62.0 Å². The maximum absolute atomic E-state index is 12.9. The Morgan fingerprint density at radius 2 is 1.83 bits per heavy atom. The van der Waals surface area contributed by atoms with Gasteiger partial charge >= 0.3 is 0 Å². The van der Waals surface area contributed by atoms with Gasteiger partial charge in [0.05, 0.1) is 12.0 Å². The Balaban J connectivity index is 1.57. The van der Waals surface area contributed by atoms with Crippen LogP contribution in [0.15, 0.2) is 41.2 Å². The molecule has 0 fully saturated rings. The minimum absolute atomic E-state index is 0.00666. The number of H-pyrrole nitrogens is 1. The van der Waals surface area contributed by atoms with Crippen molar-refractivity contribution in [3.05, 3.63) is 69.1 Å². The third-order valence-electron chi connectivity index (χ3n) is 5.33. The Labute approximate surface area is 141 Å². The number of aromatic amines is 1. The molecule has 0 saturated carbocycles. The van der Waals surface area contributed by atoms with Gasteiger partial charge in [-0.3, -0.25) is 9.59 Å². The summed E-state index contributed by atoms with van der Waals surface area (Å²) >= 11 is 0. The largest absolute Gasteiger partial charge is 0.349 e. The minimum atomic E-state index is -0.0677. The number of benzene rings is 1. The van der Waals surface area contributed by atoms with Gasteiger partial charge in [0, 0.05) is 11.8 Å². The van der Waals surface area contributed by atoms with E-state index >= 15 is 0 Å². The second-order valence-corrected chi connectivity index (χ2v) is 6.85. The predicted molar refractivity (Wildman–Crippen MR) is 93.0 cm³/mol. The average Bonchev–Trinajstić information content (AvgIpc) is 2.61. The Morgan fingerprint density at radius 1 is 1.00 bits per heavy atom. The number of hydrogen-bond donors (Lipinski definition) is 2. The summed E-state index contributed by atoms with van der Waals surface area (Å²) in [7, 11) is 0. The zero-order valence-corrected chi connectivity index (χ0v) is 13.7. The third kappa shape index (κ3) is 2.77. The van der Waals surface area contributed by atoms with Crippen molar-refractivity contribution in [1.29, 1.82) is 0 Å². The summed E-state index contributed by atoms with van der Waals surface area (Å²) in [4.78, 5) is 27.4. The highest BCUT2D eigenvalue weighted by atomic mass is 16.2. The van der Waals surface area contributed by atoms with E-state index in [0.717, 1.165) is 49.8 Å². The van der Waals surface area contributed by atoms with Crippen LogP contribution in [0, 0.1) is 0 Å². The number of hydrogen-bond acceptors (Lipinski definition) is 2. The molecule has 2 N–H and O–H groups in total. The molecule has 2 aliphatic carbocycles. The number of aryl methyl sites for hydroxylation is 2. The number of amides is 1. The third-order valence-corrected chi connectivity index (χ3v) is 5.33. The van der Waals surface area contributed by atoms with Crippen molar-refractivity contribution in [2.75, 3.05) is 0 Å². The predicted octanol–water partition coefficient (Wildman–Crippen LogP) is 2.99. The lowest BCUT2D eigenvalue weighted by molar-refractivity contribution is -0.123. The van der Waals surface area contributed by atoms with Gasteiger partial charge in [-0.05, 0) is 61.3 Å². The first-order chi connectivity index (χ1) is 11.7. The Bertz CT molecular complexity index is 824. The van der Waals surface area contributed by atoms with E-state index in [0.29, 0.717) is 0 Å². The fraction of sp³-hybridized carbons (Fsp3) is 0.400. The lowest BCUT2D eigenvalue weighted by Crippen LogP contribution is -2.36. The maximum atomic E-state index is 12.9. The molecule has 4 nitrogen and oxygen atoms in total. The highest BCUT2D eigenvalue weighted by Crippen LogP contribution is 2.33. The van der Waals surface area contributed by atoms with Crippen LogP contribution in [0.4, 0.5) is 0 Å². The SMILES string of the molecule is O=C(N[C@H]1CCCc2[nH]c(=O)ccc21)[C@@H]1CCCc2ccccc21. The molecule has 0 unspecified atom stereocenters. The first-order valence-corrected chi connectivity index (χ1v) is 8.82. The van der Waals surface area contributed by atoms with Crippen LogP contribution in [0.1, 0.15) is 60.0 Å². The monoisotopic (exact) mass is 322 g/mol. The molecule has 1 aromatic heterocycles. The molecule has 24 heavy (non-hydrogen) atoms. The van der Waals surface area contributed by atoms with Crippen LogP contribution in [0.2, 0.25) is 0 Å². The summed E-state index contributed by atoms with van der Waals surface area (Å²) in [6, 6.07) is 11.7. The Hall–Kier alpha value is -2.36. The molecule has 1 heterocycles. The van der Waals surface area contributed by atoms with E-state index in [1.807, 2.05) is 18.2 Å². The molecule has 2 aromatic rings. The van der Waals surface area contributed by atoms with Crippen LogP contribution in [0.5, 0.6) is 0 Å². The Kier molecular flexibility index (Phi) is 3.97.